The van der Waals surface area contributed by atoms with Crippen LogP contribution in [0.5, 0.6) is 5.75 Å². The molecule has 1 amide bonds. The summed E-state index contributed by atoms with van der Waals surface area (Å²) >= 11 is 0. The molecule has 0 fully saturated rings. The van der Waals surface area contributed by atoms with E-state index in [1.165, 1.54) is 14.0 Å². The van der Waals surface area contributed by atoms with E-state index in [1.54, 1.807) is 18.2 Å². The predicted molar refractivity (Wildman–Crippen MR) is 52.7 cm³/mol. The van der Waals surface area contributed by atoms with Crippen molar-refractivity contribution in [2.45, 2.75) is 6.92 Å². The van der Waals surface area contributed by atoms with Gasteiger partial charge in [-0.3, -0.25) is 9.59 Å². The molecule has 0 aliphatic rings. The van der Waals surface area contributed by atoms with E-state index in [4.69, 9.17) is 4.74 Å². The zero-order valence-corrected chi connectivity index (χ0v) is 8.03. The van der Waals surface area contributed by atoms with Crippen LogP contribution < -0.4 is 10.1 Å². The highest BCUT2D eigenvalue weighted by Crippen LogP contribution is 2.27. The van der Waals surface area contributed by atoms with Gasteiger partial charge in [0.1, 0.15) is 5.75 Å². The van der Waals surface area contributed by atoms with E-state index in [0.717, 1.165) is 0 Å². The summed E-state index contributed by atoms with van der Waals surface area (Å²) in [4.78, 5) is 21.5. The highest BCUT2D eigenvalue weighted by Gasteiger charge is 2.11. The summed E-state index contributed by atoms with van der Waals surface area (Å²) in [5.41, 5.74) is 0.856. The van der Waals surface area contributed by atoms with Crippen LogP contribution in [0.1, 0.15) is 17.3 Å². The number of amides is 1. The van der Waals surface area contributed by atoms with Crippen molar-refractivity contribution >= 4 is 17.9 Å². The normalized spacial score (nSPS) is 9.29. The molecule has 4 heteroatoms. The fraction of sp³-hybridized carbons (Fsp3) is 0.200. The monoisotopic (exact) mass is 193 g/mol. The molecular weight excluding hydrogens is 182 g/mol. The van der Waals surface area contributed by atoms with Crippen LogP contribution in [-0.4, -0.2) is 19.3 Å². The van der Waals surface area contributed by atoms with Crippen molar-refractivity contribution in [1.82, 2.24) is 0 Å². The van der Waals surface area contributed by atoms with Gasteiger partial charge < -0.3 is 10.1 Å². The van der Waals surface area contributed by atoms with Crippen LogP contribution in [0.2, 0.25) is 0 Å². The van der Waals surface area contributed by atoms with E-state index in [0.29, 0.717) is 23.4 Å². The number of carbonyl (C=O) groups is 2. The SMILES string of the molecule is COc1cccc(C(C)=O)c1NC=O. The van der Waals surface area contributed by atoms with Crippen LogP contribution in [0.4, 0.5) is 5.69 Å². The average molecular weight is 193 g/mol. The zero-order valence-electron chi connectivity index (χ0n) is 8.03. The molecule has 0 spiro atoms. The van der Waals surface area contributed by atoms with Gasteiger partial charge in [-0.1, -0.05) is 6.07 Å². The maximum absolute atomic E-state index is 11.2. The molecule has 0 saturated carbocycles. The van der Waals surface area contributed by atoms with Crippen LogP contribution in [-0.2, 0) is 4.79 Å². The van der Waals surface area contributed by atoms with Gasteiger partial charge in [0.05, 0.1) is 12.8 Å². The van der Waals surface area contributed by atoms with Gasteiger partial charge in [0, 0.05) is 5.56 Å². The number of Topliss-reactive ketones (excluding diaryl/α,β-unsaturated/α-hetero) is 1. The second kappa shape index (κ2) is 4.41. The Morgan fingerprint density at radius 2 is 2.21 bits per heavy atom. The van der Waals surface area contributed by atoms with Gasteiger partial charge in [-0.05, 0) is 19.1 Å². The van der Waals surface area contributed by atoms with Crippen molar-refractivity contribution in [3.05, 3.63) is 23.8 Å². The highest BCUT2D eigenvalue weighted by molar-refractivity contribution is 6.02. The zero-order chi connectivity index (χ0) is 10.6. The molecule has 1 aromatic carbocycles. The van der Waals surface area contributed by atoms with Gasteiger partial charge in [-0.25, -0.2) is 0 Å². The number of ketones is 1. The molecule has 0 bridgehead atoms. The van der Waals surface area contributed by atoms with E-state index in [9.17, 15) is 9.59 Å². The Hall–Kier alpha value is -1.84. The average Bonchev–Trinajstić information content (AvgIpc) is 2.18. The Morgan fingerprint density at radius 1 is 1.50 bits per heavy atom. The molecule has 0 saturated heterocycles. The first-order valence-corrected chi connectivity index (χ1v) is 4.08. The van der Waals surface area contributed by atoms with Gasteiger partial charge in [0.2, 0.25) is 6.41 Å². The summed E-state index contributed by atoms with van der Waals surface area (Å²) in [5.74, 6) is 0.359. The summed E-state index contributed by atoms with van der Waals surface area (Å²) in [6.07, 6.45) is 0.518. The molecule has 0 unspecified atom stereocenters. The predicted octanol–water partition coefficient (Wildman–Crippen LogP) is 1.47. The summed E-state index contributed by atoms with van der Waals surface area (Å²) in [7, 11) is 1.48. The Kier molecular flexibility index (Phi) is 3.23. The number of methoxy groups -OCH3 is 1. The summed E-state index contributed by atoms with van der Waals surface area (Å²) < 4.78 is 5.02. The topological polar surface area (TPSA) is 55.4 Å². The van der Waals surface area contributed by atoms with Crippen LogP contribution in [0.15, 0.2) is 18.2 Å². The number of nitrogens with one attached hydrogen (secondary N) is 1. The molecule has 4 nitrogen and oxygen atoms in total. The van der Waals surface area contributed by atoms with Crippen molar-refractivity contribution in [1.29, 1.82) is 0 Å². The highest BCUT2D eigenvalue weighted by atomic mass is 16.5. The molecule has 0 atom stereocenters. The fourth-order valence-corrected chi connectivity index (χ4v) is 1.20. The smallest absolute Gasteiger partial charge is 0.211 e. The molecular formula is C10H11NO3. The first kappa shape index (κ1) is 10.2. The Morgan fingerprint density at radius 3 is 2.71 bits per heavy atom. The molecule has 1 rings (SSSR count). The molecule has 0 radical (unpaired) electrons. The standard InChI is InChI=1S/C10H11NO3/c1-7(13)8-4-3-5-9(14-2)10(8)11-6-12/h3-6H,1-2H3,(H,11,12). The van der Waals surface area contributed by atoms with Gasteiger partial charge >= 0.3 is 0 Å². The summed E-state index contributed by atoms with van der Waals surface area (Å²) in [6.45, 7) is 1.44. The van der Waals surface area contributed by atoms with Crippen molar-refractivity contribution in [3.8, 4) is 5.75 Å². The third-order valence-electron chi connectivity index (χ3n) is 1.83. The van der Waals surface area contributed by atoms with Crippen LogP contribution in [0.25, 0.3) is 0 Å². The van der Waals surface area contributed by atoms with E-state index in [-0.39, 0.29) is 5.78 Å². The third-order valence-corrected chi connectivity index (χ3v) is 1.83. The van der Waals surface area contributed by atoms with Crippen molar-refractivity contribution in [2.24, 2.45) is 0 Å². The Labute approximate surface area is 81.9 Å². The Bertz CT molecular complexity index is 360. The number of rotatable bonds is 4. The molecule has 0 heterocycles. The van der Waals surface area contributed by atoms with Gasteiger partial charge in [0.25, 0.3) is 0 Å². The van der Waals surface area contributed by atoms with Gasteiger partial charge in [-0.15, -0.1) is 0 Å². The second-order valence-electron chi connectivity index (χ2n) is 2.70. The lowest BCUT2D eigenvalue weighted by atomic mass is 10.1. The van der Waals surface area contributed by atoms with Crippen LogP contribution in [0.3, 0.4) is 0 Å². The number of anilines is 1. The number of hydrogen-bond donors (Lipinski definition) is 1. The minimum absolute atomic E-state index is 0.117. The van der Waals surface area contributed by atoms with Crippen LogP contribution in [0, 0.1) is 0 Å². The van der Waals surface area contributed by atoms with Crippen molar-refractivity contribution in [3.63, 3.8) is 0 Å². The molecule has 74 valence electrons. The minimum Gasteiger partial charge on any atom is -0.495 e. The molecule has 0 aliphatic carbocycles. The quantitative estimate of drug-likeness (QED) is 0.581. The molecule has 14 heavy (non-hydrogen) atoms. The van der Waals surface area contributed by atoms with Crippen LogP contribution >= 0.6 is 0 Å². The molecule has 0 aromatic heterocycles. The molecule has 1 N–H and O–H groups in total. The van der Waals surface area contributed by atoms with E-state index < -0.39 is 0 Å². The van der Waals surface area contributed by atoms with E-state index in [1.807, 2.05) is 0 Å². The Balaban J connectivity index is 3.27. The first-order valence-electron chi connectivity index (χ1n) is 4.08. The minimum atomic E-state index is -0.117. The lowest BCUT2D eigenvalue weighted by molar-refractivity contribution is -0.105. The number of carbonyl (C=O) groups excluding carboxylic acids is 2. The largest absolute Gasteiger partial charge is 0.495 e. The number of ether oxygens (including phenoxy) is 1. The summed E-state index contributed by atoms with van der Waals surface area (Å²) in [6, 6.07) is 5.01. The molecule has 1 aromatic rings. The van der Waals surface area contributed by atoms with Crippen molar-refractivity contribution < 1.29 is 14.3 Å². The number of para-hydroxylation sites is 1. The van der Waals surface area contributed by atoms with Crippen molar-refractivity contribution in [2.75, 3.05) is 12.4 Å². The molecule has 0 aliphatic heterocycles. The fourth-order valence-electron chi connectivity index (χ4n) is 1.20. The number of benzene rings is 1. The maximum atomic E-state index is 11.2. The second-order valence-corrected chi connectivity index (χ2v) is 2.70. The number of hydrogen-bond acceptors (Lipinski definition) is 3. The lowest BCUT2D eigenvalue weighted by Gasteiger charge is -2.10. The lowest BCUT2D eigenvalue weighted by Crippen LogP contribution is -2.04. The van der Waals surface area contributed by atoms with E-state index in [2.05, 4.69) is 5.32 Å². The van der Waals surface area contributed by atoms with Gasteiger partial charge in [0.15, 0.2) is 5.78 Å². The first-order chi connectivity index (χ1) is 6.70. The van der Waals surface area contributed by atoms with Gasteiger partial charge in [-0.2, -0.15) is 0 Å². The summed E-state index contributed by atoms with van der Waals surface area (Å²) in [5, 5.41) is 2.45. The van der Waals surface area contributed by atoms with E-state index >= 15 is 0 Å². The maximum Gasteiger partial charge on any atom is 0.211 e. The third kappa shape index (κ3) is 1.90.